The van der Waals surface area contributed by atoms with Gasteiger partial charge in [-0.05, 0) is 42.0 Å². The number of ether oxygens (including phenoxy) is 1. The van der Waals surface area contributed by atoms with Crippen LogP contribution >= 0.6 is 11.6 Å². The normalized spacial score (nSPS) is 16.3. The Bertz CT molecular complexity index is 635. The van der Waals surface area contributed by atoms with E-state index in [1.807, 2.05) is 30.3 Å². The van der Waals surface area contributed by atoms with Crippen molar-refractivity contribution >= 4 is 11.6 Å². The number of hydrogen-bond acceptors (Lipinski definition) is 2. The lowest BCUT2D eigenvalue weighted by Crippen LogP contribution is -2.14. The fourth-order valence-electron chi connectivity index (χ4n) is 2.97. The summed E-state index contributed by atoms with van der Waals surface area (Å²) in [5, 5.41) is 11.4. The van der Waals surface area contributed by atoms with E-state index in [-0.39, 0.29) is 0 Å². The number of aliphatic hydroxyl groups excluding tert-OH is 1. The highest BCUT2D eigenvalue weighted by Gasteiger charge is 2.27. The molecule has 2 aromatic rings. The van der Waals surface area contributed by atoms with Gasteiger partial charge < -0.3 is 9.84 Å². The van der Waals surface area contributed by atoms with Crippen LogP contribution in [0.5, 0.6) is 5.75 Å². The van der Waals surface area contributed by atoms with E-state index >= 15 is 0 Å². The van der Waals surface area contributed by atoms with Crippen molar-refractivity contribution < 1.29 is 9.84 Å². The zero-order valence-electron chi connectivity index (χ0n) is 12.1. The number of benzene rings is 2. The van der Waals surface area contributed by atoms with E-state index < -0.39 is 6.10 Å². The number of halogens is 1. The van der Waals surface area contributed by atoms with Crippen LogP contribution in [0.2, 0.25) is 5.02 Å². The molecule has 0 bridgehead atoms. The number of rotatable bonds is 4. The second kappa shape index (κ2) is 6.08. The van der Waals surface area contributed by atoms with E-state index in [0.29, 0.717) is 22.3 Å². The Kier molecular flexibility index (Phi) is 4.18. The molecule has 0 aliphatic heterocycles. The summed E-state index contributed by atoms with van der Waals surface area (Å²) < 4.78 is 5.37. The van der Waals surface area contributed by atoms with Crippen LogP contribution in [0.25, 0.3) is 0 Å². The molecule has 0 amide bonds. The summed E-state index contributed by atoms with van der Waals surface area (Å²) in [5.41, 5.74) is 2.82. The molecule has 0 aromatic heterocycles. The molecule has 3 heteroatoms. The molecular weight excluding hydrogens is 284 g/mol. The first kappa shape index (κ1) is 14.4. The van der Waals surface area contributed by atoms with E-state index in [9.17, 15) is 5.11 Å². The molecule has 1 aliphatic rings. The van der Waals surface area contributed by atoms with Crippen molar-refractivity contribution in [3.63, 3.8) is 0 Å². The van der Waals surface area contributed by atoms with Gasteiger partial charge in [0.05, 0.1) is 12.1 Å². The second-order valence-corrected chi connectivity index (χ2v) is 5.92. The monoisotopic (exact) mass is 302 g/mol. The maximum absolute atomic E-state index is 10.9. The van der Waals surface area contributed by atoms with Gasteiger partial charge in [-0.1, -0.05) is 48.4 Å². The Morgan fingerprint density at radius 2 is 1.90 bits per heavy atom. The first-order chi connectivity index (χ1) is 10.2. The van der Waals surface area contributed by atoms with Gasteiger partial charge in [-0.2, -0.15) is 0 Å². The van der Waals surface area contributed by atoms with Gasteiger partial charge in [0.25, 0.3) is 0 Å². The zero-order valence-corrected chi connectivity index (χ0v) is 12.8. The average Bonchev–Trinajstić information content (AvgIpc) is 2.45. The molecule has 110 valence electrons. The molecule has 2 aromatic carbocycles. The van der Waals surface area contributed by atoms with E-state index in [1.54, 1.807) is 13.2 Å². The minimum absolute atomic E-state index is 0.533. The van der Waals surface area contributed by atoms with Gasteiger partial charge in [-0.3, -0.25) is 0 Å². The minimum Gasteiger partial charge on any atom is -0.496 e. The second-order valence-electron chi connectivity index (χ2n) is 5.52. The average molecular weight is 303 g/mol. The molecule has 1 saturated carbocycles. The van der Waals surface area contributed by atoms with Crippen LogP contribution in [-0.4, -0.2) is 12.2 Å². The summed E-state index contributed by atoms with van der Waals surface area (Å²) in [6.07, 6.45) is 2.91. The molecule has 1 aliphatic carbocycles. The Morgan fingerprint density at radius 3 is 2.57 bits per heavy atom. The standard InChI is InChI=1S/C18H19ClO2/c1-21-16-11-5-10-15(19)17(16)18(20)14-9-3-2-8-13(14)12-6-4-7-12/h2-3,5,8-12,18,20H,4,6-7H2,1H3. The molecule has 1 unspecified atom stereocenters. The summed E-state index contributed by atoms with van der Waals surface area (Å²) in [7, 11) is 1.60. The largest absolute Gasteiger partial charge is 0.496 e. The molecule has 1 atom stereocenters. The lowest BCUT2D eigenvalue weighted by atomic mass is 9.77. The Hall–Kier alpha value is -1.51. The Labute approximate surface area is 130 Å². The number of aliphatic hydroxyl groups is 1. The zero-order chi connectivity index (χ0) is 14.8. The van der Waals surface area contributed by atoms with Crippen molar-refractivity contribution in [2.24, 2.45) is 0 Å². The molecule has 0 heterocycles. The SMILES string of the molecule is COc1cccc(Cl)c1C(O)c1ccccc1C1CCC1. The maximum Gasteiger partial charge on any atom is 0.126 e. The maximum atomic E-state index is 10.9. The number of hydrogen-bond donors (Lipinski definition) is 1. The Balaban J connectivity index is 2.05. The van der Waals surface area contributed by atoms with Crippen LogP contribution < -0.4 is 4.74 Å². The molecule has 2 nitrogen and oxygen atoms in total. The first-order valence-electron chi connectivity index (χ1n) is 7.31. The van der Waals surface area contributed by atoms with Gasteiger partial charge in [0.15, 0.2) is 0 Å². The summed E-state index contributed by atoms with van der Waals surface area (Å²) in [6.45, 7) is 0. The van der Waals surface area contributed by atoms with Gasteiger partial charge in [-0.25, -0.2) is 0 Å². The van der Waals surface area contributed by atoms with E-state index in [2.05, 4.69) is 6.07 Å². The van der Waals surface area contributed by atoms with Crippen LogP contribution in [0, 0.1) is 0 Å². The quantitative estimate of drug-likeness (QED) is 0.887. The molecule has 0 spiro atoms. The predicted molar refractivity (Wildman–Crippen MR) is 85.1 cm³/mol. The highest BCUT2D eigenvalue weighted by Crippen LogP contribution is 2.43. The Morgan fingerprint density at radius 1 is 1.14 bits per heavy atom. The molecule has 0 saturated heterocycles. The smallest absolute Gasteiger partial charge is 0.126 e. The molecule has 21 heavy (non-hydrogen) atoms. The van der Waals surface area contributed by atoms with Crippen LogP contribution in [0.4, 0.5) is 0 Å². The van der Waals surface area contributed by atoms with Crippen molar-refractivity contribution in [3.05, 3.63) is 64.2 Å². The molecule has 1 N–H and O–H groups in total. The topological polar surface area (TPSA) is 29.5 Å². The van der Waals surface area contributed by atoms with Crippen molar-refractivity contribution in [1.82, 2.24) is 0 Å². The van der Waals surface area contributed by atoms with Gasteiger partial charge in [-0.15, -0.1) is 0 Å². The van der Waals surface area contributed by atoms with Crippen molar-refractivity contribution in [1.29, 1.82) is 0 Å². The summed E-state index contributed by atoms with van der Waals surface area (Å²) >= 11 is 6.29. The third-order valence-corrected chi connectivity index (χ3v) is 4.67. The number of methoxy groups -OCH3 is 1. The van der Waals surface area contributed by atoms with Gasteiger partial charge in [0.2, 0.25) is 0 Å². The highest BCUT2D eigenvalue weighted by molar-refractivity contribution is 6.31. The van der Waals surface area contributed by atoms with Crippen molar-refractivity contribution in [3.8, 4) is 5.75 Å². The fourth-order valence-corrected chi connectivity index (χ4v) is 3.24. The van der Waals surface area contributed by atoms with Gasteiger partial charge >= 0.3 is 0 Å². The van der Waals surface area contributed by atoms with E-state index in [4.69, 9.17) is 16.3 Å². The fraction of sp³-hybridized carbons (Fsp3) is 0.333. The molecular formula is C18H19ClO2. The van der Waals surface area contributed by atoms with Crippen LogP contribution in [-0.2, 0) is 0 Å². The molecule has 1 fully saturated rings. The predicted octanol–water partition coefficient (Wildman–Crippen LogP) is 4.70. The van der Waals surface area contributed by atoms with Crippen LogP contribution in [0.1, 0.15) is 48.0 Å². The minimum atomic E-state index is -0.759. The third kappa shape index (κ3) is 2.66. The molecule has 0 radical (unpaired) electrons. The summed E-state index contributed by atoms with van der Waals surface area (Å²) in [4.78, 5) is 0. The van der Waals surface area contributed by atoms with Crippen molar-refractivity contribution in [2.75, 3.05) is 7.11 Å². The lowest BCUT2D eigenvalue weighted by Gasteiger charge is -2.29. The van der Waals surface area contributed by atoms with Crippen molar-refractivity contribution in [2.45, 2.75) is 31.3 Å². The van der Waals surface area contributed by atoms with Gasteiger partial charge in [0.1, 0.15) is 11.9 Å². The van der Waals surface area contributed by atoms with Crippen LogP contribution in [0.3, 0.4) is 0 Å². The summed E-state index contributed by atoms with van der Waals surface area (Å²) in [6, 6.07) is 13.5. The first-order valence-corrected chi connectivity index (χ1v) is 7.69. The van der Waals surface area contributed by atoms with E-state index in [1.165, 1.54) is 24.8 Å². The summed E-state index contributed by atoms with van der Waals surface area (Å²) in [5.74, 6) is 1.18. The third-order valence-electron chi connectivity index (χ3n) is 4.34. The molecule has 3 rings (SSSR count). The van der Waals surface area contributed by atoms with E-state index in [0.717, 1.165) is 5.56 Å². The lowest BCUT2D eigenvalue weighted by molar-refractivity contribution is 0.211. The highest BCUT2D eigenvalue weighted by atomic mass is 35.5. The van der Waals surface area contributed by atoms with Gasteiger partial charge in [0, 0.05) is 5.56 Å². The van der Waals surface area contributed by atoms with Crippen LogP contribution in [0.15, 0.2) is 42.5 Å².